The van der Waals surface area contributed by atoms with Crippen molar-refractivity contribution in [1.29, 1.82) is 0 Å². The summed E-state index contributed by atoms with van der Waals surface area (Å²) in [6.07, 6.45) is 2.27. The predicted octanol–water partition coefficient (Wildman–Crippen LogP) is 3.76. The van der Waals surface area contributed by atoms with Crippen LogP contribution in [0.1, 0.15) is 53.6 Å². The molecule has 0 radical (unpaired) electrons. The summed E-state index contributed by atoms with van der Waals surface area (Å²) in [6.45, 7) is 2.68. The van der Waals surface area contributed by atoms with Gasteiger partial charge in [-0.05, 0) is 60.0 Å². The molecule has 1 heterocycles. The molecule has 0 spiro atoms. The topological polar surface area (TPSA) is 84.7 Å². The van der Waals surface area contributed by atoms with Gasteiger partial charge in [-0.15, -0.1) is 5.10 Å². The maximum absolute atomic E-state index is 12.4. The number of carbonyl (C=O) groups is 1. The van der Waals surface area contributed by atoms with Crippen molar-refractivity contribution < 1.29 is 4.79 Å². The standard InChI is InChI=1S/C20H21ClN6O/c1-13(19-24-25-26-27(19)16-9-10-16)22-12-14-5-4-6-15(11-14)23-20(28)17-7-2-3-8-18(17)21/h2-8,11,13,16,22H,9-10,12H2,1H3,(H,23,28)/t13-/m0/s1. The fourth-order valence-electron chi connectivity index (χ4n) is 3.03. The monoisotopic (exact) mass is 396 g/mol. The van der Waals surface area contributed by atoms with E-state index in [2.05, 4.69) is 26.2 Å². The lowest BCUT2D eigenvalue weighted by Crippen LogP contribution is -2.22. The minimum atomic E-state index is -0.229. The number of rotatable bonds is 7. The first-order chi connectivity index (χ1) is 13.6. The van der Waals surface area contributed by atoms with Crippen LogP contribution in [0.15, 0.2) is 48.5 Å². The Balaban J connectivity index is 1.39. The van der Waals surface area contributed by atoms with E-state index >= 15 is 0 Å². The molecule has 4 rings (SSSR count). The summed E-state index contributed by atoms with van der Waals surface area (Å²) >= 11 is 6.10. The number of benzene rings is 2. The molecule has 0 saturated heterocycles. The molecule has 1 atom stereocenters. The molecule has 0 unspecified atom stereocenters. The van der Waals surface area contributed by atoms with E-state index in [0.717, 1.165) is 29.9 Å². The van der Waals surface area contributed by atoms with Crippen molar-refractivity contribution in [1.82, 2.24) is 25.5 Å². The smallest absolute Gasteiger partial charge is 0.257 e. The molecular formula is C20H21ClN6O. The van der Waals surface area contributed by atoms with Crippen molar-refractivity contribution in [2.75, 3.05) is 5.32 Å². The number of tetrazole rings is 1. The molecule has 144 valence electrons. The normalized spacial score (nSPS) is 14.6. The minimum absolute atomic E-state index is 0.0250. The molecule has 7 nitrogen and oxygen atoms in total. The second kappa shape index (κ2) is 8.08. The maximum Gasteiger partial charge on any atom is 0.257 e. The zero-order valence-corrected chi connectivity index (χ0v) is 16.2. The van der Waals surface area contributed by atoms with Gasteiger partial charge >= 0.3 is 0 Å². The SMILES string of the molecule is C[C@H](NCc1cccc(NC(=O)c2ccccc2Cl)c1)c1nnnn1C1CC1. The van der Waals surface area contributed by atoms with Gasteiger partial charge in [-0.3, -0.25) is 4.79 Å². The number of carbonyl (C=O) groups excluding carboxylic acids is 1. The fourth-order valence-corrected chi connectivity index (χ4v) is 3.25. The van der Waals surface area contributed by atoms with Gasteiger partial charge in [0.15, 0.2) is 5.82 Å². The highest BCUT2D eigenvalue weighted by Gasteiger charge is 2.29. The lowest BCUT2D eigenvalue weighted by atomic mass is 10.1. The average Bonchev–Trinajstić information content (AvgIpc) is 3.43. The first kappa shape index (κ1) is 18.6. The van der Waals surface area contributed by atoms with Crippen LogP contribution in [-0.2, 0) is 6.54 Å². The van der Waals surface area contributed by atoms with Crippen molar-refractivity contribution in [2.45, 2.75) is 38.4 Å². The van der Waals surface area contributed by atoms with Crippen molar-refractivity contribution in [3.05, 3.63) is 70.5 Å². The van der Waals surface area contributed by atoms with Gasteiger partial charge < -0.3 is 10.6 Å². The summed E-state index contributed by atoms with van der Waals surface area (Å²) < 4.78 is 1.91. The molecule has 1 fully saturated rings. The summed E-state index contributed by atoms with van der Waals surface area (Å²) in [7, 11) is 0. The van der Waals surface area contributed by atoms with Gasteiger partial charge in [0.1, 0.15) is 0 Å². The number of aromatic nitrogens is 4. The van der Waals surface area contributed by atoms with E-state index in [1.54, 1.807) is 24.3 Å². The van der Waals surface area contributed by atoms with Crippen molar-refractivity contribution in [2.24, 2.45) is 0 Å². The number of nitrogens with one attached hydrogen (secondary N) is 2. The van der Waals surface area contributed by atoms with Crippen molar-refractivity contribution in [3.63, 3.8) is 0 Å². The van der Waals surface area contributed by atoms with Gasteiger partial charge in [0.05, 0.1) is 22.7 Å². The number of amides is 1. The van der Waals surface area contributed by atoms with Crippen molar-refractivity contribution >= 4 is 23.2 Å². The molecule has 1 aliphatic carbocycles. The molecule has 0 bridgehead atoms. The summed E-state index contributed by atoms with van der Waals surface area (Å²) in [4.78, 5) is 12.4. The molecule has 1 amide bonds. The lowest BCUT2D eigenvalue weighted by molar-refractivity contribution is 0.102. The van der Waals surface area contributed by atoms with E-state index in [0.29, 0.717) is 23.2 Å². The third-order valence-electron chi connectivity index (χ3n) is 4.71. The Kier molecular flexibility index (Phi) is 5.36. The van der Waals surface area contributed by atoms with Crippen LogP contribution in [0.3, 0.4) is 0 Å². The molecule has 28 heavy (non-hydrogen) atoms. The van der Waals surface area contributed by atoms with Crippen LogP contribution in [0.4, 0.5) is 5.69 Å². The van der Waals surface area contributed by atoms with E-state index in [-0.39, 0.29) is 11.9 Å². The summed E-state index contributed by atoms with van der Waals surface area (Å²) in [5, 5.41) is 18.8. The quantitative estimate of drug-likeness (QED) is 0.635. The molecule has 0 aliphatic heterocycles. The largest absolute Gasteiger partial charge is 0.322 e. The highest BCUT2D eigenvalue weighted by atomic mass is 35.5. The minimum Gasteiger partial charge on any atom is -0.322 e. The third kappa shape index (κ3) is 4.21. The van der Waals surface area contributed by atoms with E-state index in [9.17, 15) is 4.79 Å². The number of nitrogens with zero attached hydrogens (tertiary/aromatic N) is 4. The second-order valence-corrected chi connectivity index (χ2v) is 7.36. The lowest BCUT2D eigenvalue weighted by Gasteiger charge is -2.14. The van der Waals surface area contributed by atoms with Crippen LogP contribution in [0.5, 0.6) is 0 Å². The van der Waals surface area contributed by atoms with Crippen LogP contribution in [0, 0.1) is 0 Å². The molecule has 8 heteroatoms. The van der Waals surface area contributed by atoms with Gasteiger partial charge in [0.25, 0.3) is 5.91 Å². The van der Waals surface area contributed by atoms with E-state index < -0.39 is 0 Å². The molecular weight excluding hydrogens is 376 g/mol. The number of hydrogen-bond acceptors (Lipinski definition) is 5. The first-order valence-corrected chi connectivity index (χ1v) is 9.65. The Morgan fingerprint density at radius 2 is 2.07 bits per heavy atom. The Morgan fingerprint density at radius 3 is 2.86 bits per heavy atom. The van der Waals surface area contributed by atoms with Gasteiger partial charge in [0, 0.05) is 12.2 Å². The molecule has 2 aromatic carbocycles. The van der Waals surface area contributed by atoms with E-state index in [1.807, 2.05) is 35.9 Å². The van der Waals surface area contributed by atoms with Crippen LogP contribution in [0.2, 0.25) is 5.02 Å². The van der Waals surface area contributed by atoms with Crippen LogP contribution < -0.4 is 10.6 Å². The summed E-state index contributed by atoms with van der Waals surface area (Å²) in [6, 6.07) is 15.2. The van der Waals surface area contributed by atoms with Crippen LogP contribution in [0.25, 0.3) is 0 Å². The zero-order valence-electron chi connectivity index (χ0n) is 15.5. The Bertz CT molecular complexity index is 984. The van der Waals surface area contributed by atoms with Crippen LogP contribution in [-0.4, -0.2) is 26.1 Å². The number of halogens is 1. The van der Waals surface area contributed by atoms with E-state index in [4.69, 9.17) is 11.6 Å². The van der Waals surface area contributed by atoms with Gasteiger partial charge in [-0.2, -0.15) is 0 Å². The van der Waals surface area contributed by atoms with E-state index in [1.165, 1.54) is 0 Å². The molecule has 1 aromatic heterocycles. The average molecular weight is 397 g/mol. The maximum atomic E-state index is 12.4. The Labute approximate surface area is 168 Å². The number of hydrogen-bond donors (Lipinski definition) is 2. The summed E-state index contributed by atoms with van der Waals surface area (Å²) in [5.74, 6) is 0.623. The first-order valence-electron chi connectivity index (χ1n) is 9.28. The van der Waals surface area contributed by atoms with Gasteiger partial charge in [-0.25, -0.2) is 4.68 Å². The second-order valence-electron chi connectivity index (χ2n) is 6.95. The van der Waals surface area contributed by atoms with Gasteiger partial charge in [-0.1, -0.05) is 35.9 Å². The molecule has 1 saturated carbocycles. The van der Waals surface area contributed by atoms with Crippen molar-refractivity contribution in [3.8, 4) is 0 Å². The molecule has 3 aromatic rings. The van der Waals surface area contributed by atoms with Gasteiger partial charge in [0.2, 0.25) is 0 Å². The molecule has 1 aliphatic rings. The summed E-state index contributed by atoms with van der Waals surface area (Å²) in [5.41, 5.74) is 2.22. The fraction of sp³-hybridized carbons (Fsp3) is 0.300. The predicted molar refractivity (Wildman–Crippen MR) is 107 cm³/mol. The third-order valence-corrected chi connectivity index (χ3v) is 5.04. The number of anilines is 1. The molecule has 2 N–H and O–H groups in total. The highest BCUT2D eigenvalue weighted by molar-refractivity contribution is 6.34. The Morgan fingerprint density at radius 1 is 1.25 bits per heavy atom. The van der Waals surface area contributed by atoms with Crippen LogP contribution >= 0.6 is 11.6 Å². The Hall–Kier alpha value is -2.77. The zero-order chi connectivity index (χ0) is 19.5. The highest BCUT2D eigenvalue weighted by Crippen LogP contribution is 2.35.